The molecule has 0 aliphatic heterocycles. The van der Waals surface area contributed by atoms with Gasteiger partial charge >= 0.3 is 0 Å². The molecule has 0 saturated carbocycles. The lowest BCUT2D eigenvalue weighted by atomic mass is 10.0. The lowest BCUT2D eigenvalue weighted by Crippen LogP contribution is -2.25. The number of nitrogens with one attached hydrogen (secondary N) is 1. The molecular weight excluding hydrogens is 234 g/mol. The summed E-state index contributed by atoms with van der Waals surface area (Å²) < 4.78 is 5.65. The quantitative estimate of drug-likeness (QED) is 0.713. The van der Waals surface area contributed by atoms with Crippen LogP contribution in [0.25, 0.3) is 0 Å². The molecule has 0 heterocycles. The fraction of sp³-hybridized carbons (Fsp3) is 0.647. The summed E-state index contributed by atoms with van der Waals surface area (Å²) in [5, 5.41) is 3.58. The van der Waals surface area contributed by atoms with Gasteiger partial charge in [0.15, 0.2) is 0 Å². The van der Waals surface area contributed by atoms with Crippen molar-refractivity contribution in [2.75, 3.05) is 6.61 Å². The number of hydrogen-bond acceptors (Lipinski definition) is 2. The van der Waals surface area contributed by atoms with Crippen LogP contribution in [0, 0.1) is 5.92 Å². The Balaban J connectivity index is 2.35. The van der Waals surface area contributed by atoms with E-state index in [0.717, 1.165) is 31.2 Å². The summed E-state index contributed by atoms with van der Waals surface area (Å²) in [6.45, 7) is 10.7. The first kappa shape index (κ1) is 16.0. The van der Waals surface area contributed by atoms with Crippen LogP contribution in [0.2, 0.25) is 0 Å². The van der Waals surface area contributed by atoms with Crippen LogP contribution in [0.3, 0.4) is 0 Å². The van der Waals surface area contributed by atoms with Gasteiger partial charge in [-0.05, 0) is 49.8 Å². The maximum absolute atomic E-state index is 5.65. The van der Waals surface area contributed by atoms with Gasteiger partial charge in [0.1, 0.15) is 5.75 Å². The van der Waals surface area contributed by atoms with Crippen LogP contribution in [-0.4, -0.2) is 12.6 Å². The third-order valence-corrected chi connectivity index (χ3v) is 3.20. The summed E-state index contributed by atoms with van der Waals surface area (Å²) in [6, 6.07) is 8.96. The minimum Gasteiger partial charge on any atom is -0.494 e. The van der Waals surface area contributed by atoms with Crippen molar-refractivity contribution >= 4 is 0 Å². The third kappa shape index (κ3) is 7.22. The first-order valence-electron chi connectivity index (χ1n) is 7.57. The van der Waals surface area contributed by atoms with Crippen molar-refractivity contribution in [1.29, 1.82) is 0 Å². The highest BCUT2D eigenvalue weighted by Crippen LogP contribution is 2.14. The number of ether oxygens (including phenoxy) is 1. The maximum atomic E-state index is 5.65. The van der Waals surface area contributed by atoms with Crippen LogP contribution in [-0.2, 0) is 6.54 Å². The summed E-state index contributed by atoms with van der Waals surface area (Å²) >= 11 is 0. The molecule has 0 spiro atoms. The van der Waals surface area contributed by atoms with E-state index in [1.54, 1.807) is 0 Å². The van der Waals surface area contributed by atoms with Crippen molar-refractivity contribution in [3.63, 3.8) is 0 Å². The zero-order chi connectivity index (χ0) is 14.1. The molecule has 1 aromatic rings. The average Bonchev–Trinajstić information content (AvgIpc) is 2.41. The van der Waals surface area contributed by atoms with Crippen LogP contribution in [0.5, 0.6) is 5.75 Å². The molecule has 1 atom stereocenters. The Morgan fingerprint density at radius 2 is 1.95 bits per heavy atom. The van der Waals surface area contributed by atoms with E-state index in [1.807, 2.05) is 6.07 Å². The van der Waals surface area contributed by atoms with Gasteiger partial charge in [-0.25, -0.2) is 0 Å². The minimum atomic E-state index is 0.572. The Morgan fingerprint density at radius 3 is 2.63 bits per heavy atom. The summed E-state index contributed by atoms with van der Waals surface area (Å²) in [6.07, 6.45) is 3.58. The van der Waals surface area contributed by atoms with Gasteiger partial charge in [-0.2, -0.15) is 0 Å². The van der Waals surface area contributed by atoms with Crippen LogP contribution in [0.15, 0.2) is 24.3 Å². The molecule has 0 aliphatic carbocycles. The van der Waals surface area contributed by atoms with Crippen molar-refractivity contribution in [2.24, 2.45) is 5.92 Å². The SMILES string of the molecule is CCCOc1cccc(CNC(C)CCC(C)C)c1. The molecule has 0 aliphatic rings. The molecule has 0 aromatic heterocycles. The molecule has 1 aromatic carbocycles. The molecule has 0 bridgehead atoms. The van der Waals surface area contributed by atoms with Gasteiger partial charge in [0.25, 0.3) is 0 Å². The smallest absolute Gasteiger partial charge is 0.119 e. The fourth-order valence-corrected chi connectivity index (χ4v) is 1.94. The van der Waals surface area contributed by atoms with Crippen molar-refractivity contribution in [2.45, 2.75) is 59.5 Å². The largest absolute Gasteiger partial charge is 0.494 e. The van der Waals surface area contributed by atoms with E-state index in [2.05, 4.69) is 51.2 Å². The molecule has 0 amide bonds. The van der Waals surface area contributed by atoms with Gasteiger partial charge in [0.2, 0.25) is 0 Å². The zero-order valence-corrected chi connectivity index (χ0v) is 12.9. The Kier molecular flexibility index (Phi) is 7.57. The summed E-state index contributed by atoms with van der Waals surface area (Å²) in [4.78, 5) is 0. The van der Waals surface area contributed by atoms with E-state index < -0.39 is 0 Å². The molecule has 19 heavy (non-hydrogen) atoms. The summed E-state index contributed by atoms with van der Waals surface area (Å²) in [5.41, 5.74) is 1.30. The lowest BCUT2D eigenvalue weighted by molar-refractivity contribution is 0.317. The highest BCUT2D eigenvalue weighted by atomic mass is 16.5. The predicted molar refractivity (Wildman–Crippen MR) is 82.6 cm³/mol. The summed E-state index contributed by atoms with van der Waals surface area (Å²) in [5.74, 6) is 1.77. The van der Waals surface area contributed by atoms with Crippen molar-refractivity contribution in [1.82, 2.24) is 5.32 Å². The van der Waals surface area contributed by atoms with E-state index in [1.165, 1.54) is 18.4 Å². The van der Waals surface area contributed by atoms with Gasteiger partial charge in [-0.3, -0.25) is 0 Å². The molecule has 2 nitrogen and oxygen atoms in total. The van der Waals surface area contributed by atoms with E-state index in [-0.39, 0.29) is 0 Å². The molecule has 108 valence electrons. The standard InChI is InChI=1S/C17H29NO/c1-5-11-19-17-8-6-7-16(12-17)13-18-15(4)10-9-14(2)3/h6-8,12,14-15,18H,5,9-11,13H2,1-4H3. The van der Waals surface area contributed by atoms with Gasteiger partial charge in [0, 0.05) is 12.6 Å². The van der Waals surface area contributed by atoms with Crippen LogP contribution in [0.4, 0.5) is 0 Å². The van der Waals surface area contributed by atoms with Crippen molar-refractivity contribution in [3.05, 3.63) is 29.8 Å². The van der Waals surface area contributed by atoms with Crippen LogP contribution < -0.4 is 10.1 Å². The molecular formula is C17H29NO. The number of rotatable bonds is 9. The lowest BCUT2D eigenvalue weighted by Gasteiger charge is -2.15. The Bertz CT molecular complexity index is 349. The monoisotopic (exact) mass is 263 g/mol. The Hall–Kier alpha value is -1.02. The van der Waals surface area contributed by atoms with E-state index in [4.69, 9.17) is 4.74 Å². The van der Waals surface area contributed by atoms with Gasteiger partial charge in [0.05, 0.1) is 6.61 Å². The second kappa shape index (κ2) is 8.98. The molecule has 0 radical (unpaired) electrons. The van der Waals surface area contributed by atoms with Crippen molar-refractivity contribution in [3.8, 4) is 5.75 Å². The van der Waals surface area contributed by atoms with Gasteiger partial charge < -0.3 is 10.1 Å². The number of hydrogen-bond donors (Lipinski definition) is 1. The molecule has 2 heteroatoms. The predicted octanol–water partition coefficient (Wildman–Crippen LogP) is 4.39. The third-order valence-electron chi connectivity index (χ3n) is 3.20. The van der Waals surface area contributed by atoms with Gasteiger partial charge in [-0.1, -0.05) is 32.9 Å². The molecule has 1 rings (SSSR count). The van der Waals surface area contributed by atoms with E-state index >= 15 is 0 Å². The average molecular weight is 263 g/mol. The highest BCUT2D eigenvalue weighted by Gasteiger charge is 2.04. The summed E-state index contributed by atoms with van der Waals surface area (Å²) in [7, 11) is 0. The van der Waals surface area contributed by atoms with Crippen molar-refractivity contribution < 1.29 is 4.74 Å². The highest BCUT2D eigenvalue weighted by molar-refractivity contribution is 5.28. The second-order valence-electron chi connectivity index (χ2n) is 5.75. The van der Waals surface area contributed by atoms with Crippen LogP contribution >= 0.6 is 0 Å². The Morgan fingerprint density at radius 1 is 1.16 bits per heavy atom. The topological polar surface area (TPSA) is 21.3 Å². The Labute approximate surface area is 118 Å². The van der Waals surface area contributed by atoms with Crippen LogP contribution in [0.1, 0.15) is 52.5 Å². The first-order valence-corrected chi connectivity index (χ1v) is 7.57. The molecule has 1 N–H and O–H groups in total. The number of benzene rings is 1. The second-order valence-corrected chi connectivity index (χ2v) is 5.75. The van der Waals surface area contributed by atoms with Gasteiger partial charge in [-0.15, -0.1) is 0 Å². The molecule has 0 saturated heterocycles. The zero-order valence-electron chi connectivity index (χ0n) is 12.9. The normalized spacial score (nSPS) is 12.7. The molecule has 0 fully saturated rings. The molecule has 1 unspecified atom stereocenters. The van der Waals surface area contributed by atoms with E-state index in [0.29, 0.717) is 6.04 Å². The maximum Gasteiger partial charge on any atom is 0.119 e. The first-order chi connectivity index (χ1) is 9.11. The minimum absolute atomic E-state index is 0.572. The fourth-order valence-electron chi connectivity index (χ4n) is 1.94. The van der Waals surface area contributed by atoms with E-state index in [9.17, 15) is 0 Å².